The summed E-state index contributed by atoms with van der Waals surface area (Å²) in [6, 6.07) is 4.22. The van der Waals surface area contributed by atoms with Crippen molar-refractivity contribution in [3.63, 3.8) is 0 Å². The zero-order chi connectivity index (χ0) is 20.8. The lowest BCUT2D eigenvalue weighted by atomic mass is 10.1. The number of ether oxygens (including phenoxy) is 1. The zero-order valence-corrected chi connectivity index (χ0v) is 16.4. The van der Waals surface area contributed by atoms with Gasteiger partial charge in [-0.05, 0) is 31.0 Å². The van der Waals surface area contributed by atoms with Gasteiger partial charge in [0.1, 0.15) is 34.0 Å². The molecule has 1 saturated heterocycles. The van der Waals surface area contributed by atoms with Gasteiger partial charge in [-0.15, -0.1) is 0 Å². The van der Waals surface area contributed by atoms with Crippen molar-refractivity contribution >= 4 is 31.6 Å². The Labute approximate surface area is 167 Å². The van der Waals surface area contributed by atoms with Crippen molar-refractivity contribution in [1.82, 2.24) is 9.29 Å². The van der Waals surface area contributed by atoms with Crippen LogP contribution in [0.3, 0.4) is 0 Å². The van der Waals surface area contributed by atoms with E-state index in [1.807, 2.05) is 0 Å². The molecule has 0 amide bonds. The van der Waals surface area contributed by atoms with Crippen LogP contribution in [0.1, 0.15) is 12.8 Å². The van der Waals surface area contributed by atoms with E-state index in [-0.39, 0.29) is 29.9 Å². The van der Waals surface area contributed by atoms with Gasteiger partial charge >= 0.3 is 0 Å². The molecule has 0 bridgehead atoms. The quantitative estimate of drug-likeness (QED) is 0.567. The number of rotatable bonds is 4. The standard InChI is InChI=1S/C18H14F4N2O3S2/c19-10-1-2-16(13(21)7-10)29(25,26)24-5-3-12(4-6-24)27-18-23-17-14(22)8-11(20)9-15(17)28-18/h1-2,7-9,12H,3-6H2. The van der Waals surface area contributed by atoms with E-state index >= 15 is 0 Å². The van der Waals surface area contributed by atoms with Crippen molar-refractivity contribution in [1.29, 1.82) is 0 Å². The minimum atomic E-state index is -4.10. The van der Waals surface area contributed by atoms with Crippen molar-refractivity contribution < 1.29 is 30.7 Å². The van der Waals surface area contributed by atoms with Gasteiger partial charge in [0.2, 0.25) is 10.0 Å². The minimum absolute atomic E-state index is 0.0122. The van der Waals surface area contributed by atoms with E-state index < -0.39 is 38.2 Å². The molecule has 2 heterocycles. The summed E-state index contributed by atoms with van der Waals surface area (Å²) in [5.41, 5.74) is 0.0122. The molecule has 154 valence electrons. The summed E-state index contributed by atoms with van der Waals surface area (Å²) in [6.45, 7) is 0.134. The number of sulfonamides is 1. The number of benzene rings is 2. The lowest BCUT2D eigenvalue weighted by Crippen LogP contribution is -2.42. The summed E-state index contributed by atoms with van der Waals surface area (Å²) in [5.74, 6) is -3.50. The molecule has 0 spiro atoms. The number of thiazole rings is 1. The Kier molecular flexibility index (Phi) is 5.21. The lowest BCUT2D eigenvalue weighted by Gasteiger charge is -2.30. The highest BCUT2D eigenvalue weighted by atomic mass is 32.2. The van der Waals surface area contributed by atoms with Crippen LogP contribution in [0.2, 0.25) is 0 Å². The first-order valence-corrected chi connectivity index (χ1v) is 10.9. The number of fused-ring (bicyclic) bond motifs is 1. The second kappa shape index (κ2) is 7.54. The Morgan fingerprint density at radius 1 is 1.00 bits per heavy atom. The largest absolute Gasteiger partial charge is 0.467 e. The van der Waals surface area contributed by atoms with Gasteiger partial charge < -0.3 is 4.74 Å². The SMILES string of the molecule is O=S(=O)(c1ccc(F)cc1F)N1CCC(Oc2nc3c(F)cc(F)cc3s2)CC1. The molecule has 0 unspecified atom stereocenters. The first-order chi connectivity index (χ1) is 13.7. The average molecular weight is 446 g/mol. The van der Waals surface area contributed by atoms with Gasteiger partial charge in [-0.3, -0.25) is 0 Å². The van der Waals surface area contributed by atoms with Gasteiger partial charge in [-0.1, -0.05) is 11.3 Å². The molecule has 0 radical (unpaired) electrons. The molecular formula is C18H14F4N2O3S2. The van der Waals surface area contributed by atoms with E-state index in [0.29, 0.717) is 23.6 Å². The number of hydrogen-bond donors (Lipinski definition) is 0. The van der Waals surface area contributed by atoms with Crippen LogP contribution in [0.4, 0.5) is 17.6 Å². The Bertz CT molecular complexity index is 1180. The fourth-order valence-corrected chi connectivity index (χ4v) is 5.58. The molecule has 5 nitrogen and oxygen atoms in total. The van der Waals surface area contributed by atoms with Crippen LogP contribution in [0.25, 0.3) is 10.2 Å². The number of piperidine rings is 1. The van der Waals surface area contributed by atoms with Crippen LogP contribution in [0.5, 0.6) is 5.19 Å². The number of hydrogen-bond acceptors (Lipinski definition) is 5. The molecule has 0 N–H and O–H groups in total. The maximum Gasteiger partial charge on any atom is 0.274 e. The monoisotopic (exact) mass is 446 g/mol. The molecule has 0 saturated carbocycles. The van der Waals surface area contributed by atoms with Gasteiger partial charge in [-0.25, -0.2) is 26.0 Å². The molecule has 1 fully saturated rings. The Hall–Kier alpha value is -2.24. The van der Waals surface area contributed by atoms with Crippen molar-refractivity contribution in [3.05, 3.63) is 53.6 Å². The van der Waals surface area contributed by atoms with Crippen LogP contribution in [0.15, 0.2) is 35.2 Å². The first kappa shape index (κ1) is 20.0. The van der Waals surface area contributed by atoms with Gasteiger partial charge in [0.25, 0.3) is 5.19 Å². The van der Waals surface area contributed by atoms with E-state index in [2.05, 4.69) is 4.98 Å². The Morgan fingerprint density at radius 3 is 2.38 bits per heavy atom. The maximum atomic E-state index is 13.9. The highest BCUT2D eigenvalue weighted by molar-refractivity contribution is 7.89. The van der Waals surface area contributed by atoms with Gasteiger partial charge in [-0.2, -0.15) is 9.29 Å². The Balaban J connectivity index is 1.45. The lowest BCUT2D eigenvalue weighted by molar-refractivity contribution is 0.135. The third kappa shape index (κ3) is 3.94. The smallest absolute Gasteiger partial charge is 0.274 e. The Morgan fingerprint density at radius 2 is 1.69 bits per heavy atom. The van der Waals surface area contributed by atoms with Crippen molar-refractivity contribution in [2.24, 2.45) is 0 Å². The molecule has 1 aliphatic rings. The fraction of sp³-hybridized carbons (Fsp3) is 0.278. The highest BCUT2D eigenvalue weighted by Crippen LogP contribution is 2.32. The van der Waals surface area contributed by atoms with E-state index in [9.17, 15) is 26.0 Å². The van der Waals surface area contributed by atoms with E-state index in [1.165, 1.54) is 0 Å². The number of nitrogens with zero attached hydrogens (tertiary/aromatic N) is 2. The maximum absolute atomic E-state index is 13.9. The number of aromatic nitrogens is 1. The van der Waals surface area contributed by atoms with Crippen molar-refractivity contribution in [2.45, 2.75) is 23.8 Å². The third-order valence-corrected chi connectivity index (χ3v) is 7.40. The zero-order valence-electron chi connectivity index (χ0n) is 14.7. The average Bonchev–Trinajstić information content (AvgIpc) is 3.04. The summed E-state index contributed by atoms with van der Waals surface area (Å²) in [4.78, 5) is 3.44. The molecule has 4 rings (SSSR count). The second-order valence-electron chi connectivity index (χ2n) is 6.51. The molecule has 29 heavy (non-hydrogen) atoms. The molecule has 2 aromatic carbocycles. The predicted octanol–water partition coefficient (Wildman–Crippen LogP) is 4.08. The van der Waals surface area contributed by atoms with E-state index in [1.54, 1.807) is 0 Å². The summed E-state index contributed by atoms with van der Waals surface area (Å²) in [5, 5.41) is 0.162. The molecule has 11 heteroatoms. The summed E-state index contributed by atoms with van der Waals surface area (Å²) in [6.07, 6.45) is 0.219. The summed E-state index contributed by atoms with van der Waals surface area (Å²) >= 11 is 0.995. The van der Waals surface area contributed by atoms with Gasteiger partial charge in [0, 0.05) is 25.2 Å². The van der Waals surface area contributed by atoms with Gasteiger partial charge in [0.15, 0.2) is 5.82 Å². The fourth-order valence-electron chi connectivity index (χ4n) is 3.14. The summed E-state index contributed by atoms with van der Waals surface area (Å²) < 4.78 is 86.3. The molecule has 3 aromatic rings. The topological polar surface area (TPSA) is 59.5 Å². The van der Waals surface area contributed by atoms with Crippen LogP contribution in [-0.2, 0) is 10.0 Å². The second-order valence-corrected chi connectivity index (χ2v) is 9.41. The molecule has 0 atom stereocenters. The van der Waals surface area contributed by atoms with E-state index in [0.717, 1.165) is 39.9 Å². The normalized spacial score (nSPS) is 16.4. The molecular weight excluding hydrogens is 432 g/mol. The minimum Gasteiger partial charge on any atom is -0.467 e. The van der Waals surface area contributed by atoms with Gasteiger partial charge in [0.05, 0.1) is 4.70 Å². The van der Waals surface area contributed by atoms with Crippen molar-refractivity contribution in [3.8, 4) is 5.19 Å². The van der Waals surface area contributed by atoms with E-state index in [4.69, 9.17) is 4.74 Å². The third-order valence-electron chi connectivity index (χ3n) is 4.57. The first-order valence-electron chi connectivity index (χ1n) is 8.61. The van der Waals surface area contributed by atoms with Crippen LogP contribution >= 0.6 is 11.3 Å². The van der Waals surface area contributed by atoms with Crippen LogP contribution < -0.4 is 4.74 Å². The van der Waals surface area contributed by atoms with Crippen LogP contribution in [-0.4, -0.2) is 36.9 Å². The molecule has 1 aromatic heterocycles. The highest BCUT2D eigenvalue weighted by Gasteiger charge is 2.32. The number of halogens is 4. The van der Waals surface area contributed by atoms with Crippen molar-refractivity contribution in [2.75, 3.05) is 13.1 Å². The molecule has 1 aliphatic heterocycles. The van der Waals surface area contributed by atoms with Crippen LogP contribution in [0, 0.1) is 23.3 Å². The molecule has 0 aliphatic carbocycles. The summed E-state index contributed by atoms with van der Waals surface area (Å²) in [7, 11) is -4.10. The predicted molar refractivity (Wildman–Crippen MR) is 98.3 cm³/mol.